The topological polar surface area (TPSA) is 4.41 Å². The van der Waals surface area contributed by atoms with E-state index in [-0.39, 0.29) is 0 Å². The molecule has 0 atom stereocenters. The van der Waals surface area contributed by atoms with Crippen molar-refractivity contribution in [2.45, 2.75) is 0 Å². The molecule has 0 bridgehead atoms. The lowest BCUT2D eigenvalue weighted by atomic mass is 10.0. The van der Waals surface area contributed by atoms with Crippen molar-refractivity contribution in [2.75, 3.05) is 0 Å². The highest BCUT2D eigenvalue weighted by Crippen LogP contribution is 2.41. The standard InChI is InChI=1S/C26H15NS/c1-2-8-17-16(7-1)15-27-23-11-5-3-9-18(23)20-13-21-19-10-4-6-12-24(19)28-25(21)14-22(20)26(17)27/h1-15H. The van der Waals surface area contributed by atoms with Gasteiger partial charge in [0.15, 0.2) is 0 Å². The third-order valence-corrected chi connectivity index (χ3v) is 7.08. The van der Waals surface area contributed by atoms with Crippen molar-refractivity contribution in [1.82, 2.24) is 4.40 Å². The summed E-state index contributed by atoms with van der Waals surface area (Å²) >= 11 is 1.89. The van der Waals surface area contributed by atoms with Crippen molar-refractivity contribution in [3.8, 4) is 0 Å². The Morgan fingerprint density at radius 1 is 0.536 bits per heavy atom. The molecule has 1 nitrogen and oxygen atoms in total. The summed E-state index contributed by atoms with van der Waals surface area (Å²) in [5, 5.41) is 9.30. The van der Waals surface area contributed by atoms with E-state index in [2.05, 4.69) is 95.5 Å². The predicted octanol–water partition coefficient (Wildman–Crippen LogP) is 7.77. The van der Waals surface area contributed by atoms with Gasteiger partial charge in [-0.15, -0.1) is 11.3 Å². The average molecular weight is 373 g/mol. The first kappa shape index (κ1) is 14.7. The fraction of sp³-hybridized carbons (Fsp3) is 0. The van der Waals surface area contributed by atoms with Gasteiger partial charge in [0.05, 0.1) is 11.0 Å². The van der Waals surface area contributed by atoms with Gasteiger partial charge in [0, 0.05) is 47.9 Å². The van der Waals surface area contributed by atoms with E-state index in [1.54, 1.807) is 0 Å². The number of thiophene rings is 1. The molecule has 0 spiro atoms. The Bertz CT molecular complexity index is 1720. The molecule has 0 aliphatic rings. The molecule has 0 aliphatic heterocycles. The predicted molar refractivity (Wildman–Crippen MR) is 123 cm³/mol. The van der Waals surface area contributed by atoms with Crippen molar-refractivity contribution in [1.29, 1.82) is 0 Å². The van der Waals surface area contributed by atoms with Crippen molar-refractivity contribution in [3.63, 3.8) is 0 Å². The molecule has 0 unspecified atom stereocenters. The Morgan fingerprint density at radius 2 is 1.29 bits per heavy atom. The Morgan fingerprint density at radius 3 is 2.21 bits per heavy atom. The zero-order valence-electron chi connectivity index (χ0n) is 15.0. The zero-order valence-corrected chi connectivity index (χ0v) is 15.8. The van der Waals surface area contributed by atoms with Crippen molar-refractivity contribution in [2.24, 2.45) is 0 Å². The van der Waals surface area contributed by atoms with Crippen LogP contribution in [0.25, 0.3) is 58.1 Å². The molecule has 7 aromatic rings. The Labute approximate surface area is 165 Å². The number of fused-ring (bicyclic) bond motifs is 11. The summed E-state index contributed by atoms with van der Waals surface area (Å²) in [5.41, 5.74) is 2.57. The quantitative estimate of drug-likeness (QED) is 0.239. The molecular formula is C26H15NS. The van der Waals surface area contributed by atoms with Gasteiger partial charge in [-0.05, 0) is 29.7 Å². The van der Waals surface area contributed by atoms with E-state index >= 15 is 0 Å². The van der Waals surface area contributed by atoms with E-state index in [0.29, 0.717) is 0 Å². The zero-order chi connectivity index (χ0) is 18.2. The molecule has 0 saturated carbocycles. The number of aromatic nitrogens is 1. The molecule has 4 aromatic carbocycles. The number of benzene rings is 4. The van der Waals surface area contributed by atoms with Gasteiger partial charge in [-0.2, -0.15) is 0 Å². The van der Waals surface area contributed by atoms with Crippen LogP contribution < -0.4 is 0 Å². The van der Waals surface area contributed by atoms with E-state index in [9.17, 15) is 0 Å². The third-order valence-electron chi connectivity index (χ3n) is 5.95. The van der Waals surface area contributed by atoms with Crippen LogP contribution in [0.15, 0.2) is 91.1 Å². The second-order valence-electron chi connectivity index (χ2n) is 7.44. The molecule has 0 aliphatic carbocycles. The van der Waals surface area contributed by atoms with Gasteiger partial charge >= 0.3 is 0 Å². The minimum absolute atomic E-state index is 1.26. The largest absolute Gasteiger partial charge is 0.315 e. The molecule has 0 amide bonds. The maximum atomic E-state index is 2.41. The fourth-order valence-corrected chi connectivity index (χ4v) is 5.85. The first-order valence-electron chi connectivity index (χ1n) is 9.54. The van der Waals surface area contributed by atoms with Gasteiger partial charge in [0.2, 0.25) is 0 Å². The van der Waals surface area contributed by atoms with Crippen LogP contribution in [0.2, 0.25) is 0 Å². The summed E-state index contributed by atoms with van der Waals surface area (Å²) in [6.07, 6.45) is 2.28. The highest BCUT2D eigenvalue weighted by molar-refractivity contribution is 7.25. The van der Waals surface area contributed by atoms with Gasteiger partial charge in [0.1, 0.15) is 0 Å². The highest BCUT2D eigenvalue weighted by atomic mass is 32.1. The van der Waals surface area contributed by atoms with Gasteiger partial charge in [-0.1, -0.05) is 60.7 Å². The molecule has 2 heteroatoms. The van der Waals surface area contributed by atoms with Crippen LogP contribution >= 0.6 is 11.3 Å². The summed E-state index contributed by atoms with van der Waals surface area (Å²) < 4.78 is 5.09. The molecule has 28 heavy (non-hydrogen) atoms. The summed E-state index contributed by atoms with van der Waals surface area (Å²) in [6, 6.07) is 31.0. The van der Waals surface area contributed by atoms with Crippen LogP contribution in [0.1, 0.15) is 0 Å². The number of rotatable bonds is 0. The monoisotopic (exact) mass is 373 g/mol. The first-order chi connectivity index (χ1) is 13.9. The van der Waals surface area contributed by atoms with Crippen LogP contribution in [0.3, 0.4) is 0 Å². The first-order valence-corrected chi connectivity index (χ1v) is 10.4. The normalized spacial score (nSPS) is 12.3. The van der Waals surface area contributed by atoms with E-state index < -0.39 is 0 Å². The molecule has 3 aromatic heterocycles. The number of para-hydroxylation sites is 1. The number of hydrogen-bond donors (Lipinski definition) is 0. The summed E-state index contributed by atoms with van der Waals surface area (Å²) in [7, 11) is 0. The van der Waals surface area contributed by atoms with Gasteiger partial charge in [-0.3, -0.25) is 0 Å². The maximum Gasteiger partial charge on any atom is 0.0614 e. The van der Waals surface area contributed by atoms with Crippen molar-refractivity contribution < 1.29 is 0 Å². The van der Waals surface area contributed by atoms with E-state index in [0.717, 1.165) is 0 Å². The van der Waals surface area contributed by atoms with Crippen molar-refractivity contribution >= 4 is 69.5 Å². The van der Waals surface area contributed by atoms with E-state index in [1.165, 1.54) is 58.1 Å². The molecule has 7 rings (SSSR count). The summed E-state index contributed by atoms with van der Waals surface area (Å²) in [5.74, 6) is 0. The van der Waals surface area contributed by atoms with Crippen LogP contribution in [0.4, 0.5) is 0 Å². The Balaban J connectivity index is 1.85. The number of nitrogens with zero attached hydrogens (tertiary/aromatic N) is 1. The average Bonchev–Trinajstić information content (AvgIpc) is 3.31. The van der Waals surface area contributed by atoms with Crippen LogP contribution in [0.5, 0.6) is 0 Å². The smallest absolute Gasteiger partial charge is 0.0614 e. The van der Waals surface area contributed by atoms with E-state index in [4.69, 9.17) is 0 Å². The van der Waals surface area contributed by atoms with Gasteiger partial charge in [-0.25, -0.2) is 0 Å². The second-order valence-corrected chi connectivity index (χ2v) is 8.53. The van der Waals surface area contributed by atoms with Crippen LogP contribution in [0, 0.1) is 0 Å². The van der Waals surface area contributed by atoms with E-state index in [1.807, 2.05) is 11.3 Å². The van der Waals surface area contributed by atoms with Crippen molar-refractivity contribution in [3.05, 3.63) is 91.1 Å². The lowest BCUT2D eigenvalue weighted by molar-refractivity contribution is 1.29. The third kappa shape index (κ3) is 1.76. The Kier molecular flexibility index (Phi) is 2.68. The minimum Gasteiger partial charge on any atom is -0.315 e. The van der Waals surface area contributed by atoms with Gasteiger partial charge in [0.25, 0.3) is 0 Å². The second kappa shape index (κ2) is 5.12. The fourth-order valence-electron chi connectivity index (χ4n) is 4.73. The molecule has 0 fully saturated rings. The molecule has 130 valence electrons. The highest BCUT2D eigenvalue weighted by Gasteiger charge is 2.14. The van der Waals surface area contributed by atoms with Crippen LogP contribution in [-0.2, 0) is 0 Å². The maximum absolute atomic E-state index is 2.41. The lowest BCUT2D eigenvalue weighted by Gasteiger charge is -2.10. The number of hydrogen-bond acceptors (Lipinski definition) is 1. The number of pyridine rings is 1. The van der Waals surface area contributed by atoms with Gasteiger partial charge < -0.3 is 4.40 Å². The van der Waals surface area contributed by atoms with Crippen LogP contribution in [-0.4, -0.2) is 4.40 Å². The molecule has 3 heterocycles. The SMILES string of the molecule is c1ccc2c(c1)cn1c3ccccc3c3cc4c(cc3c21)sc1ccccc14. The molecule has 0 saturated heterocycles. The molecule has 0 N–H and O–H groups in total. The summed E-state index contributed by atoms with van der Waals surface area (Å²) in [6.45, 7) is 0. The lowest BCUT2D eigenvalue weighted by Crippen LogP contribution is -1.89. The molecule has 0 radical (unpaired) electrons. The summed E-state index contributed by atoms with van der Waals surface area (Å²) in [4.78, 5) is 0. The minimum atomic E-state index is 1.26. The molecular weight excluding hydrogens is 358 g/mol. The Hall–Kier alpha value is -3.36.